The fourth-order valence-electron chi connectivity index (χ4n) is 5.66. The molecular weight excluding hydrogens is 487 g/mol. The Kier molecular flexibility index (Phi) is 5.90. The summed E-state index contributed by atoms with van der Waals surface area (Å²) in [6, 6.07) is 17.6. The summed E-state index contributed by atoms with van der Waals surface area (Å²) >= 11 is 1.50. The van der Waals surface area contributed by atoms with E-state index in [0.717, 1.165) is 44.3 Å². The third-order valence-corrected chi connectivity index (χ3v) is 8.13. The van der Waals surface area contributed by atoms with Gasteiger partial charge in [0.25, 0.3) is 0 Å². The zero-order valence-corrected chi connectivity index (χ0v) is 21.7. The van der Waals surface area contributed by atoms with Crippen molar-refractivity contribution >= 4 is 34.6 Å². The number of furan rings is 1. The van der Waals surface area contributed by atoms with Crippen molar-refractivity contribution in [3.05, 3.63) is 100 Å². The topological polar surface area (TPSA) is 73.9 Å². The van der Waals surface area contributed by atoms with Crippen LogP contribution in [0.25, 0.3) is 16.8 Å². The molecule has 0 amide bonds. The molecule has 8 heteroatoms. The van der Waals surface area contributed by atoms with Gasteiger partial charge in [-0.15, -0.1) is 0 Å². The summed E-state index contributed by atoms with van der Waals surface area (Å²) in [6.07, 6.45) is 1.51. The Morgan fingerprint density at radius 3 is 2.65 bits per heavy atom. The molecule has 0 saturated heterocycles. The van der Waals surface area contributed by atoms with Gasteiger partial charge >= 0.3 is 0 Å². The number of aliphatic hydroxyl groups excluding tert-OH is 1. The number of nitrogens with zero attached hydrogens (tertiary/aromatic N) is 3. The van der Waals surface area contributed by atoms with Crippen molar-refractivity contribution in [3.8, 4) is 0 Å². The van der Waals surface area contributed by atoms with Gasteiger partial charge in [0.15, 0.2) is 5.58 Å². The molecule has 2 aromatic heterocycles. The summed E-state index contributed by atoms with van der Waals surface area (Å²) in [5.41, 5.74) is 6.75. The lowest BCUT2D eigenvalue weighted by molar-refractivity contribution is 0.125. The first-order valence-corrected chi connectivity index (χ1v) is 13.0. The van der Waals surface area contributed by atoms with E-state index in [-0.39, 0.29) is 25.4 Å². The maximum Gasteiger partial charge on any atom is 0.155 e. The Labute approximate surface area is 219 Å². The number of aliphatic imine (C=N–C) groups is 1. The predicted octanol–water partition coefficient (Wildman–Crippen LogP) is 5.73. The van der Waals surface area contributed by atoms with Crippen molar-refractivity contribution in [1.82, 2.24) is 14.6 Å². The van der Waals surface area contributed by atoms with E-state index < -0.39 is 11.4 Å². The number of nitrogens with one attached hydrogen (secondary N) is 1. The fourth-order valence-corrected chi connectivity index (χ4v) is 6.40. The van der Waals surface area contributed by atoms with Crippen LogP contribution in [0.1, 0.15) is 34.9 Å². The minimum Gasteiger partial charge on any atom is -0.463 e. The quantitative estimate of drug-likeness (QED) is 0.320. The molecule has 4 heterocycles. The molecule has 37 heavy (non-hydrogen) atoms. The number of rotatable bonds is 6. The lowest BCUT2D eigenvalue weighted by atomic mass is 9.79. The van der Waals surface area contributed by atoms with Crippen molar-refractivity contribution in [3.63, 3.8) is 0 Å². The molecule has 2 N–H and O–H groups in total. The molecule has 1 unspecified atom stereocenters. The highest BCUT2D eigenvalue weighted by atomic mass is 32.2. The maximum atomic E-state index is 15.3. The smallest absolute Gasteiger partial charge is 0.155 e. The number of halogens is 1. The van der Waals surface area contributed by atoms with Crippen molar-refractivity contribution in [1.29, 1.82) is 0 Å². The van der Waals surface area contributed by atoms with Crippen molar-refractivity contribution in [2.45, 2.75) is 37.8 Å². The molecule has 0 saturated carbocycles. The highest BCUT2D eigenvalue weighted by Crippen LogP contribution is 2.49. The van der Waals surface area contributed by atoms with Crippen molar-refractivity contribution < 1.29 is 13.9 Å². The van der Waals surface area contributed by atoms with Gasteiger partial charge in [0.2, 0.25) is 0 Å². The molecule has 2 aliphatic heterocycles. The number of hydrogen-bond donors (Lipinski definition) is 2. The van der Waals surface area contributed by atoms with Gasteiger partial charge in [-0.05, 0) is 67.1 Å². The summed E-state index contributed by atoms with van der Waals surface area (Å²) in [5, 5.41) is 10.2. The van der Waals surface area contributed by atoms with Crippen molar-refractivity contribution in [2.24, 2.45) is 4.99 Å². The average molecular weight is 515 g/mol. The summed E-state index contributed by atoms with van der Waals surface area (Å²) in [5.74, 6) is 0.298. The molecule has 2 aliphatic rings. The van der Waals surface area contributed by atoms with Gasteiger partial charge in [-0.2, -0.15) is 0 Å². The molecule has 188 valence electrons. The number of aromatic nitrogens is 1. The van der Waals surface area contributed by atoms with Crippen LogP contribution in [0.5, 0.6) is 0 Å². The number of pyridine rings is 1. The number of benzene rings is 2. The lowest BCUT2D eigenvalue weighted by Gasteiger charge is -2.42. The first kappa shape index (κ1) is 23.9. The Morgan fingerprint density at radius 1 is 1.08 bits per heavy atom. The molecule has 0 radical (unpaired) electrons. The fraction of sp³-hybridized carbons (Fsp3) is 0.241. The van der Waals surface area contributed by atoms with Crippen LogP contribution in [0, 0.1) is 19.7 Å². The van der Waals surface area contributed by atoms with Gasteiger partial charge in [-0.25, -0.2) is 14.4 Å². The Balaban J connectivity index is 1.59. The summed E-state index contributed by atoms with van der Waals surface area (Å²) < 4.78 is 24.1. The van der Waals surface area contributed by atoms with Crippen LogP contribution in [0.3, 0.4) is 0 Å². The molecule has 0 spiro atoms. The third-order valence-electron chi connectivity index (χ3n) is 7.35. The van der Waals surface area contributed by atoms with Gasteiger partial charge in [0.05, 0.1) is 24.3 Å². The second-order valence-electron chi connectivity index (χ2n) is 9.51. The third kappa shape index (κ3) is 3.70. The Morgan fingerprint density at radius 2 is 1.86 bits per heavy atom. The largest absolute Gasteiger partial charge is 0.463 e. The van der Waals surface area contributed by atoms with Crippen molar-refractivity contribution in [2.75, 3.05) is 13.2 Å². The van der Waals surface area contributed by atoms with E-state index in [1.165, 1.54) is 24.3 Å². The summed E-state index contributed by atoms with van der Waals surface area (Å²) in [6.45, 7) is 6.63. The van der Waals surface area contributed by atoms with Crippen LogP contribution in [-0.4, -0.2) is 34.0 Å². The van der Waals surface area contributed by atoms with Crippen LogP contribution in [0.4, 0.5) is 4.39 Å². The first-order chi connectivity index (χ1) is 17.9. The highest BCUT2D eigenvalue weighted by Gasteiger charge is 2.51. The van der Waals surface area contributed by atoms with E-state index in [1.54, 1.807) is 6.07 Å². The minimum absolute atomic E-state index is 0.108. The molecule has 0 aliphatic carbocycles. The van der Waals surface area contributed by atoms with Gasteiger partial charge in [0, 0.05) is 35.7 Å². The van der Waals surface area contributed by atoms with E-state index in [0.29, 0.717) is 11.1 Å². The average Bonchev–Trinajstić information content (AvgIpc) is 3.42. The number of aliphatic hydroxyl groups is 1. The molecule has 1 atom stereocenters. The van der Waals surface area contributed by atoms with Gasteiger partial charge in [0.1, 0.15) is 22.7 Å². The van der Waals surface area contributed by atoms with Gasteiger partial charge in [-0.1, -0.05) is 30.3 Å². The minimum atomic E-state index is -0.841. The number of fused-ring (bicyclic) bond motifs is 5. The van der Waals surface area contributed by atoms with Crippen LogP contribution < -0.4 is 4.72 Å². The summed E-state index contributed by atoms with van der Waals surface area (Å²) in [4.78, 5) is 12.9. The van der Waals surface area contributed by atoms with E-state index in [9.17, 15) is 5.11 Å². The molecule has 2 bridgehead atoms. The Hall–Kier alpha value is -3.46. The predicted molar refractivity (Wildman–Crippen MR) is 145 cm³/mol. The van der Waals surface area contributed by atoms with Crippen LogP contribution in [0.15, 0.2) is 80.7 Å². The number of hydrogen-bond acceptors (Lipinski definition) is 7. The maximum absolute atomic E-state index is 15.3. The molecule has 6 nitrogen and oxygen atoms in total. The highest BCUT2D eigenvalue weighted by molar-refractivity contribution is 7.98. The standard InChI is InChI=1S/C29H27FN4O2S/c1-17-6-4-7-18(2)26(17)27-19(3)29(20-8-5-9-21(14-20)37-33-28(29)32-27)34(11-12-35)16-24-22(30)15-25-23(31-24)10-13-36-25/h4-10,13-15,35H,11-12,16H2,1-3H3,(H,32,33). The zero-order valence-electron chi connectivity index (χ0n) is 20.9. The summed E-state index contributed by atoms with van der Waals surface area (Å²) in [7, 11) is 0. The van der Waals surface area contributed by atoms with E-state index in [4.69, 9.17) is 9.41 Å². The molecule has 6 rings (SSSR count). The molecule has 0 fully saturated rings. The molecule has 4 aromatic rings. The van der Waals surface area contributed by atoms with Crippen LogP contribution >= 0.6 is 11.9 Å². The Bertz CT molecular complexity index is 1570. The first-order valence-electron chi connectivity index (χ1n) is 12.2. The van der Waals surface area contributed by atoms with Gasteiger partial charge in [-0.3, -0.25) is 4.90 Å². The zero-order chi connectivity index (χ0) is 25.7. The van der Waals surface area contributed by atoms with Gasteiger partial charge < -0.3 is 14.2 Å². The monoisotopic (exact) mass is 514 g/mol. The molecular formula is C29H27FN4O2S. The molecule has 2 aromatic carbocycles. The van der Waals surface area contributed by atoms with Crippen LogP contribution in [0.2, 0.25) is 0 Å². The SMILES string of the molecule is CC1=C(c2c(C)cccc2C)N=C2NSc3cccc(c3)C21N(CCO)Cc1nc2ccoc2cc1F. The van der Waals surface area contributed by atoms with Crippen LogP contribution in [-0.2, 0) is 12.1 Å². The van der Waals surface area contributed by atoms with E-state index >= 15 is 4.39 Å². The number of aryl methyl sites for hydroxylation is 2. The lowest BCUT2D eigenvalue weighted by Crippen LogP contribution is -2.55. The number of amidine groups is 1. The second kappa shape index (κ2) is 9.13. The second-order valence-corrected chi connectivity index (χ2v) is 10.4. The van der Waals surface area contributed by atoms with E-state index in [1.807, 2.05) is 12.1 Å². The normalized spacial score (nSPS) is 18.7. The van der Waals surface area contributed by atoms with E-state index in [2.05, 4.69) is 65.7 Å².